The Hall–Kier alpha value is -3.34. The minimum absolute atomic E-state index is 0.0610. The van der Waals surface area contributed by atoms with Crippen LogP contribution in [0, 0.1) is 0 Å². The van der Waals surface area contributed by atoms with Crippen molar-refractivity contribution in [2.45, 2.75) is 13.1 Å². The van der Waals surface area contributed by atoms with Crippen LogP contribution >= 0.6 is 0 Å². The number of pyridine rings is 1. The number of urea groups is 1. The van der Waals surface area contributed by atoms with Gasteiger partial charge >= 0.3 is 6.03 Å². The van der Waals surface area contributed by atoms with Gasteiger partial charge in [-0.25, -0.2) is 9.78 Å². The fourth-order valence-electron chi connectivity index (χ4n) is 3.08. The first-order valence-electron chi connectivity index (χ1n) is 8.16. The number of benzene rings is 2. The van der Waals surface area contributed by atoms with Crippen molar-refractivity contribution in [3.05, 3.63) is 84.1 Å². The van der Waals surface area contributed by atoms with E-state index in [2.05, 4.69) is 4.98 Å². The van der Waals surface area contributed by atoms with Crippen molar-refractivity contribution in [1.29, 1.82) is 0 Å². The quantitative estimate of drug-likeness (QED) is 0.791. The highest BCUT2D eigenvalue weighted by molar-refractivity contribution is 6.01. The van der Waals surface area contributed by atoms with Gasteiger partial charge in [-0.05, 0) is 29.8 Å². The summed E-state index contributed by atoms with van der Waals surface area (Å²) in [6.45, 7) is 0.969. The van der Waals surface area contributed by atoms with Crippen LogP contribution in [-0.4, -0.2) is 15.9 Å². The Morgan fingerprint density at radius 1 is 0.920 bits per heavy atom. The number of hydrogen-bond donors (Lipinski definition) is 1. The Bertz CT molecular complexity index is 896. The van der Waals surface area contributed by atoms with Crippen LogP contribution in [-0.2, 0) is 13.1 Å². The molecule has 0 spiro atoms. The van der Waals surface area contributed by atoms with Gasteiger partial charge in [-0.2, -0.15) is 0 Å². The summed E-state index contributed by atoms with van der Waals surface area (Å²) in [4.78, 5) is 21.1. The molecule has 2 amide bonds. The zero-order chi connectivity index (χ0) is 17.2. The minimum atomic E-state index is -0.0610. The monoisotopic (exact) mass is 330 g/mol. The molecule has 2 N–H and O–H groups in total. The van der Waals surface area contributed by atoms with Crippen LogP contribution < -0.4 is 10.6 Å². The number of para-hydroxylation sites is 1. The van der Waals surface area contributed by atoms with Crippen molar-refractivity contribution in [2.24, 2.45) is 0 Å². The van der Waals surface area contributed by atoms with E-state index in [-0.39, 0.29) is 6.03 Å². The molecule has 2 heterocycles. The molecule has 0 radical (unpaired) electrons. The molecule has 0 bridgehead atoms. The van der Waals surface area contributed by atoms with Gasteiger partial charge in [-0.3, -0.25) is 4.90 Å². The highest BCUT2D eigenvalue weighted by Gasteiger charge is 2.32. The standard InChI is InChI=1S/C20H18N4O/c21-19-12-11-18-17(22-19)14-23(13-15-7-3-1-4-8-15)20(25)24(18)16-9-5-2-6-10-16/h1-12H,13-14H2,(H2,21,22). The van der Waals surface area contributed by atoms with Crippen molar-refractivity contribution in [3.8, 4) is 0 Å². The molecule has 124 valence electrons. The van der Waals surface area contributed by atoms with Gasteiger partial charge in [0.1, 0.15) is 5.82 Å². The number of hydrogen-bond acceptors (Lipinski definition) is 3. The molecule has 0 unspecified atom stereocenters. The van der Waals surface area contributed by atoms with E-state index >= 15 is 0 Å². The Morgan fingerprint density at radius 2 is 1.60 bits per heavy atom. The third-order valence-electron chi connectivity index (χ3n) is 4.25. The molecule has 0 atom stereocenters. The molecule has 5 heteroatoms. The van der Waals surface area contributed by atoms with E-state index in [0.717, 1.165) is 22.6 Å². The van der Waals surface area contributed by atoms with Crippen LogP contribution in [0.5, 0.6) is 0 Å². The van der Waals surface area contributed by atoms with Gasteiger partial charge in [-0.1, -0.05) is 48.5 Å². The van der Waals surface area contributed by atoms with Gasteiger partial charge in [0, 0.05) is 6.54 Å². The van der Waals surface area contributed by atoms with Gasteiger partial charge in [-0.15, -0.1) is 0 Å². The highest BCUT2D eigenvalue weighted by Crippen LogP contribution is 2.34. The lowest BCUT2D eigenvalue weighted by atomic mass is 10.1. The summed E-state index contributed by atoms with van der Waals surface area (Å²) in [6, 6.07) is 23.1. The highest BCUT2D eigenvalue weighted by atomic mass is 16.2. The number of anilines is 3. The summed E-state index contributed by atoms with van der Waals surface area (Å²) in [5, 5.41) is 0. The average molecular weight is 330 g/mol. The van der Waals surface area contributed by atoms with E-state index in [1.807, 2.05) is 66.7 Å². The predicted octanol–water partition coefficient (Wildman–Crippen LogP) is 3.94. The van der Waals surface area contributed by atoms with Crippen molar-refractivity contribution in [2.75, 3.05) is 10.6 Å². The Labute approximate surface area is 146 Å². The topological polar surface area (TPSA) is 62.5 Å². The minimum Gasteiger partial charge on any atom is -0.384 e. The van der Waals surface area contributed by atoms with E-state index < -0.39 is 0 Å². The first-order valence-corrected chi connectivity index (χ1v) is 8.16. The van der Waals surface area contributed by atoms with Gasteiger partial charge in [0.25, 0.3) is 0 Å². The fourth-order valence-corrected chi connectivity index (χ4v) is 3.08. The van der Waals surface area contributed by atoms with E-state index in [1.165, 1.54) is 0 Å². The second kappa shape index (κ2) is 6.28. The van der Waals surface area contributed by atoms with Crippen LogP contribution in [0.1, 0.15) is 11.3 Å². The predicted molar refractivity (Wildman–Crippen MR) is 98.3 cm³/mol. The van der Waals surface area contributed by atoms with Crippen LogP contribution in [0.4, 0.5) is 22.0 Å². The average Bonchev–Trinajstić information content (AvgIpc) is 2.64. The molecule has 0 saturated carbocycles. The van der Waals surface area contributed by atoms with Crippen LogP contribution in [0.15, 0.2) is 72.8 Å². The van der Waals surface area contributed by atoms with E-state index in [0.29, 0.717) is 18.9 Å². The van der Waals surface area contributed by atoms with Gasteiger partial charge in [0.05, 0.1) is 23.6 Å². The summed E-state index contributed by atoms with van der Waals surface area (Å²) in [5.41, 5.74) is 9.35. The normalized spacial score (nSPS) is 13.7. The summed E-state index contributed by atoms with van der Waals surface area (Å²) in [5.74, 6) is 0.459. The fraction of sp³-hybridized carbons (Fsp3) is 0.100. The van der Waals surface area contributed by atoms with Gasteiger partial charge in [0.2, 0.25) is 0 Å². The van der Waals surface area contributed by atoms with Crippen LogP contribution in [0.25, 0.3) is 0 Å². The molecule has 1 aliphatic heterocycles. The largest absolute Gasteiger partial charge is 0.384 e. The maximum atomic E-state index is 13.2. The Balaban J connectivity index is 1.76. The number of nitrogens with zero attached hydrogens (tertiary/aromatic N) is 3. The zero-order valence-corrected chi connectivity index (χ0v) is 13.7. The smallest absolute Gasteiger partial charge is 0.329 e. The number of rotatable bonds is 3. The Morgan fingerprint density at radius 3 is 2.32 bits per heavy atom. The molecule has 1 aromatic heterocycles. The number of carbonyl (C=O) groups excluding carboxylic acids is 1. The lowest BCUT2D eigenvalue weighted by Crippen LogP contribution is -2.44. The van der Waals surface area contributed by atoms with E-state index in [4.69, 9.17) is 5.73 Å². The number of nitrogens with two attached hydrogens (primary N) is 1. The molecular weight excluding hydrogens is 312 g/mol. The third kappa shape index (κ3) is 2.92. The zero-order valence-electron chi connectivity index (χ0n) is 13.7. The number of amides is 2. The summed E-state index contributed by atoms with van der Waals surface area (Å²) >= 11 is 0. The molecule has 25 heavy (non-hydrogen) atoms. The lowest BCUT2D eigenvalue weighted by molar-refractivity contribution is 0.197. The first kappa shape index (κ1) is 15.2. The summed E-state index contributed by atoms with van der Waals surface area (Å²) < 4.78 is 0. The molecule has 4 rings (SSSR count). The third-order valence-corrected chi connectivity index (χ3v) is 4.25. The second-order valence-electron chi connectivity index (χ2n) is 6.00. The van der Waals surface area contributed by atoms with Crippen molar-refractivity contribution >= 4 is 23.2 Å². The Kier molecular flexibility index (Phi) is 3.82. The summed E-state index contributed by atoms with van der Waals surface area (Å²) in [6.07, 6.45) is 0. The maximum absolute atomic E-state index is 13.2. The second-order valence-corrected chi connectivity index (χ2v) is 6.00. The molecule has 0 aliphatic carbocycles. The lowest BCUT2D eigenvalue weighted by Gasteiger charge is -2.36. The van der Waals surface area contributed by atoms with Gasteiger partial charge in [0.15, 0.2) is 0 Å². The summed E-state index contributed by atoms with van der Waals surface area (Å²) in [7, 11) is 0. The van der Waals surface area contributed by atoms with Gasteiger partial charge < -0.3 is 10.6 Å². The van der Waals surface area contributed by atoms with Crippen LogP contribution in [0.2, 0.25) is 0 Å². The first-order chi connectivity index (χ1) is 12.2. The molecule has 5 nitrogen and oxygen atoms in total. The van der Waals surface area contributed by atoms with E-state index in [1.54, 1.807) is 15.9 Å². The van der Waals surface area contributed by atoms with E-state index in [9.17, 15) is 4.79 Å². The molecule has 2 aromatic carbocycles. The van der Waals surface area contributed by atoms with Crippen molar-refractivity contribution in [1.82, 2.24) is 9.88 Å². The number of fused-ring (bicyclic) bond motifs is 1. The molecule has 0 saturated heterocycles. The molecule has 3 aromatic rings. The number of nitrogen functional groups attached to an aromatic ring is 1. The molecule has 1 aliphatic rings. The number of carbonyl (C=O) groups is 1. The van der Waals surface area contributed by atoms with Crippen molar-refractivity contribution in [3.63, 3.8) is 0 Å². The number of aromatic nitrogens is 1. The maximum Gasteiger partial charge on any atom is 0.329 e. The molecule has 0 fully saturated rings. The van der Waals surface area contributed by atoms with Crippen LogP contribution in [0.3, 0.4) is 0 Å². The molecular formula is C20H18N4O. The SMILES string of the molecule is Nc1ccc2c(n1)CN(Cc1ccccc1)C(=O)N2c1ccccc1. The van der Waals surface area contributed by atoms with Crippen molar-refractivity contribution < 1.29 is 4.79 Å².